The van der Waals surface area contributed by atoms with Crippen molar-refractivity contribution in [1.29, 1.82) is 0 Å². The molecule has 0 spiro atoms. The Balaban J connectivity index is 1.46. The van der Waals surface area contributed by atoms with Gasteiger partial charge >= 0.3 is 0 Å². The van der Waals surface area contributed by atoms with E-state index in [4.69, 9.17) is 16.1 Å². The van der Waals surface area contributed by atoms with Crippen LogP contribution in [-0.2, 0) is 0 Å². The van der Waals surface area contributed by atoms with Crippen LogP contribution in [0.5, 0.6) is 0 Å². The van der Waals surface area contributed by atoms with E-state index >= 15 is 0 Å². The number of piperidine rings is 1. The second-order valence-corrected chi connectivity index (χ2v) is 7.75. The number of hydrogen-bond acceptors (Lipinski definition) is 4. The van der Waals surface area contributed by atoms with Crippen molar-refractivity contribution in [3.8, 4) is 11.3 Å². The van der Waals surface area contributed by atoms with E-state index in [-0.39, 0.29) is 17.6 Å². The zero-order valence-corrected chi connectivity index (χ0v) is 16.9. The van der Waals surface area contributed by atoms with Crippen molar-refractivity contribution >= 4 is 17.5 Å². The molecule has 1 aromatic heterocycles. The number of carbonyl (C=O) groups excluding carboxylic acids is 1. The summed E-state index contributed by atoms with van der Waals surface area (Å²) in [5, 5.41) is 7.70. The molecule has 1 atom stereocenters. The Hall–Kier alpha value is -2.63. The quantitative estimate of drug-likeness (QED) is 0.625. The molecule has 1 amide bonds. The van der Waals surface area contributed by atoms with Gasteiger partial charge in [0.05, 0.1) is 6.04 Å². The zero-order valence-electron chi connectivity index (χ0n) is 16.2. The molecule has 3 aromatic rings. The highest BCUT2D eigenvalue weighted by molar-refractivity contribution is 6.30. The lowest BCUT2D eigenvalue weighted by Crippen LogP contribution is -2.40. The van der Waals surface area contributed by atoms with Crippen molar-refractivity contribution in [2.45, 2.75) is 25.3 Å². The molecule has 4 rings (SSSR count). The molecule has 6 heteroatoms. The number of likely N-dealkylation sites (tertiary alicyclic amines) is 1. The normalized spacial score (nSPS) is 15.8. The molecule has 2 aromatic carbocycles. The van der Waals surface area contributed by atoms with Crippen molar-refractivity contribution in [2.75, 3.05) is 19.6 Å². The molecule has 0 unspecified atom stereocenters. The Morgan fingerprint density at radius 3 is 2.52 bits per heavy atom. The van der Waals surface area contributed by atoms with E-state index in [1.54, 1.807) is 6.07 Å². The van der Waals surface area contributed by atoms with Crippen molar-refractivity contribution in [2.24, 2.45) is 0 Å². The predicted octanol–water partition coefficient (Wildman–Crippen LogP) is 4.95. The van der Waals surface area contributed by atoms with Crippen LogP contribution >= 0.6 is 11.6 Å². The van der Waals surface area contributed by atoms with E-state index < -0.39 is 0 Å². The van der Waals surface area contributed by atoms with Gasteiger partial charge in [0, 0.05) is 23.2 Å². The average Bonchev–Trinajstić information content (AvgIpc) is 3.27. The molecule has 0 aliphatic carbocycles. The molecule has 0 radical (unpaired) electrons. The lowest BCUT2D eigenvalue weighted by molar-refractivity contribution is 0.0915. The lowest BCUT2D eigenvalue weighted by Gasteiger charge is -2.35. The van der Waals surface area contributed by atoms with Crippen molar-refractivity contribution < 1.29 is 9.32 Å². The smallest absolute Gasteiger partial charge is 0.273 e. The Kier molecular flexibility index (Phi) is 6.27. The summed E-state index contributed by atoms with van der Waals surface area (Å²) < 4.78 is 5.36. The maximum atomic E-state index is 12.7. The van der Waals surface area contributed by atoms with Crippen LogP contribution in [0.4, 0.5) is 0 Å². The summed E-state index contributed by atoms with van der Waals surface area (Å²) in [6.07, 6.45) is 3.63. The minimum Gasteiger partial charge on any atom is -0.355 e. The molecule has 1 fully saturated rings. The Bertz CT molecular complexity index is 934. The van der Waals surface area contributed by atoms with Gasteiger partial charge in [-0.2, -0.15) is 0 Å². The number of benzene rings is 2. The molecule has 2 heterocycles. The second-order valence-electron chi connectivity index (χ2n) is 7.32. The highest BCUT2D eigenvalue weighted by Crippen LogP contribution is 2.26. The number of hydrogen-bond donors (Lipinski definition) is 1. The van der Waals surface area contributed by atoms with Crippen molar-refractivity contribution in [3.05, 3.63) is 76.9 Å². The van der Waals surface area contributed by atoms with Gasteiger partial charge in [0.15, 0.2) is 11.5 Å². The number of nitrogens with one attached hydrogen (secondary N) is 1. The third kappa shape index (κ3) is 4.86. The number of halogens is 1. The number of carbonyl (C=O) groups is 1. The molecule has 0 bridgehead atoms. The standard InChI is InChI=1S/C23H24ClN3O2/c24-19-11-9-17(10-12-19)21(27-13-5-2-6-14-27)16-25-23(28)20-15-22(29-26-20)18-7-3-1-4-8-18/h1,3-4,7-12,15,21H,2,5-6,13-14,16H2,(H,25,28)/t21-/m1/s1. The number of rotatable bonds is 6. The minimum atomic E-state index is -0.230. The average molecular weight is 410 g/mol. The van der Waals surface area contributed by atoms with E-state index in [9.17, 15) is 4.79 Å². The maximum Gasteiger partial charge on any atom is 0.273 e. The first kappa shape index (κ1) is 19.7. The Morgan fingerprint density at radius 1 is 1.07 bits per heavy atom. The summed E-state index contributed by atoms with van der Waals surface area (Å²) in [4.78, 5) is 15.1. The van der Waals surface area contributed by atoms with Gasteiger partial charge < -0.3 is 9.84 Å². The maximum absolute atomic E-state index is 12.7. The monoisotopic (exact) mass is 409 g/mol. The zero-order chi connectivity index (χ0) is 20.1. The summed E-state index contributed by atoms with van der Waals surface area (Å²) in [6.45, 7) is 2.57. The number of aromatic nitrogens is 1. The fourth-order valence-corrected chi connectivity index (χ4v) is 3.90. The SMILES string of the molecule is O=C(NC[C@H](c1ccc(Cl)cc1)N1CCCCC1)c1cc(-c2ccccc2)on1. The fraction of sp³-hybridized carbons (Fsp3) is 0.304. The van der Waals surface area contributed by atoms with E-state index in [1.807, 2.05) is 54.6 Å². The summed E-state index contributed by atoms with van der Waals surface area (Å²) in [5.74, 6) is 0.355. The molecular formula is C23H24ClN3O2. The van der Waals surface area contributed by atoms with Crippen LogP contribution in [0, 0.1) is 0 Å². The van der Waals surface area contributed by atoms with Gasteiger partial charge in [-0.25, -0.2) is 0 Å². The summed E-state index contributed by atoms with van der Waals surface area (Å²) in [6, 6.07) is 19.3. The van der Waals surface area contributed by atoms with Crippen LogP contribution in [0.3, 0.4) is 0 Å². The molecule has 1 aliphatic heterocycles. The van der Waals surface area contributed by atoms with Gasteiger partial charge in [-0.05, 0) is 43.6 Å². The van der Waals surface area contributed by atoms with Gasteiger partial charge in [-0.3, -0.25) is 9.69 Å². The fourth-order valence-electron chi connectivity index (χ4n) is 3.77. The van der Waals surface area contributed by atoms with E-state index in [1.165, 1.54) is 19.3 Å². The van der Waals surface area contributed by atoms with Crippen LogP contribution in [0.25, 0.3) is 11.3 Å². The highest BCUT2D eigenvalue weighted by atomic mass is 35.5. The van der Waals surface area contributed by atoms with Gasteiger partial charge in [-0.15, -0.1) is 0 Å². The topological polar surface area (TPSA) is 58.4 Å². The molecule has 150 valence electrons. The van der Waals surface area contributed by atoms with Crippen molar-refractivity contribution in [1.82, 2.24) is 15.4 Å². The third-order valence-corrected chi connectivity index (χ3v) is 5.60. The molecule has 29 heavy (non-hydrogen) atoms. The Labute approximate surface area is 175 Å². The lowest BCUT2D eigenvalue weighted by atomic mass is 10.0. The van der Waals surface area contributed by atoms with Crippen LogP contribution in [0.15, 0.2) is 65.2 Å². The first-order valence-electron chi connectivity index (χ1n) is 10.0. The van der Waals surface area contributed by atoms with Crippen molar-refractivity contribution in [3.63, 3.8) is 0 Å². The second kappa shape index (κ2) is 9.25. The van der Waals surface area contributed by atoms with Crippen LogP contribution < -0.4 is 5.32 Å². The largest absolute Gasteiger partial charge is 0.355 e. The van der Waals surface area contributed by atoms with Gasteiger partial charge in [-0.1, -0.05) is 65.6 Å². The van der Waals surface area contributed by atoms with Gasteiger partial charge in [0.25, 0.3) is 5.91 Å². The van der Waals surface area contributed by atoms with Gasteiger partial charge in [0.1, 0.15) is 0 Å². The third-order valence-electron chi connectivity index (χ3n) is 5.34. The molecule has 1 saturated heterocycles. The molecule has 1 N–H and O–H groups in total. The van der Waals surface area contributed by atoms with E-state index in [0.29, 0.717) is 17.3 Å². The van der Waals surface area contributed by atoms with E-state index in [2.05, 4.69) is 15.4 Å². The molecular weight excluding hydrogens is 386 g/mol. The van der Waals surface area contributed by atoms with Crippen LogP contribution in [-0.4, -0.2) is 35.6 Å². The van der Waals surface area contributed by atoms with Crippen LogP contribution in [0.1, 0.15) is 41.4 Å². The predicted molar refractivity (Wildman–Crippen MR) is 114 cm³/mol. The molecule has 0 saturated carbocycles. The summed E-state index contributed by atoms with van der Waals surface area (Å²) in [7, 11) is 0. The summed E-state index contributed by atoms with van der Waals surface area (Å²) >= 11 is 6.06. The van der Waals surface area contributed by atoms with E-state index in [0.717, 1.165) is 24.2 Å². The minimum absolute atomic E-state index is 0.108. The molecule has 5 nitrogen and oxygen atoms in total. The number of amides is 1. The first-order chi connectivity index (χ1) is 14.2. The highest BCUT2D eigenvalue weighted by Gasteiger charge is 2.24. The first-order valence-corrected chi connectivity index (χ1v) is 10.4. The van der Waals surface area contributed by atoms with Crippen LogP contribution in [0.2, 0.25) is 5.02 Å². The summed E-state index contributed by atoms with van der Waals surface area (Å²) in [5.41, 5.74) is 2.34. The number of nitrogens with zero attached hydrogens (tertiary/aromatic N) is 2. The Morgan fingerprint density at radius 2 is 1.79 bits per heavy atom. The van der Waals surface area contributed by atoms with Gasteiger partial charge in [0.2, 0.25) is 0 Å². The molecule has 1 aliphatic rings.